The van der Waals surface area contributed by atoms with E-state index in [9.17, 15) is 0 Å². The van der Waals surface area contributed by atoms with Gasteiger partial charge in [0.1, 0.15) is 0 Å². The van der Waals surface area contributed by atoms with Gasteiger partial charge in [-0.1, -0.05) is 13.8 Å². The summed E-state index contributed by atoms with van der Waals surface area (Å²) < 4.78 is 0. The molecule has 0 saturated heterocycles. The fourth-order valence-corrected chi connectivity index (χ4v) is 2.41. The third-order valence-corrected chi connectivity index (χ3v) is 3.71. The zero-order valence-corrected chi connectivity index (χ0v) is 12.6. The lowest BCUT2D eigenvalue weighted by molar-refractivity contribution is 0.316. The lowest BCUT2D eigenvalue weighted by Gasteiger charge is -2.19. The first-order valence-electron chi connectivity index (χ1n) is 7.26. The van der Waals surface area contributed by atoms with Gasteiger partial charge in [0.15, 0.2) is 0 Å². The van der Waals surface area contributed by atoms with Crippen LogP contribution in [0.1, 0.15) is 19.5 Å². The minimum Gasteiger partial charge on any atom is -0.398 e. The molecule has 0 unspecified atom stereocenters. The molecule has 2 aromatic rings. The van der Waals surface area contributed by atoms with E-state index < -0.39 is 0 Å². The van der Waals surface area contributed by atoms with Crippen LogP contribution in [0, 0.1) is 6.92 Å². The number of hydrogen-bond donors (Lipinski definition) is 2. The highest BCUT2D eigenvalue weighted by atomic mass is 15.1. The van der Waals surface area contributed by atoms with Crippen LogP contribution in [0.25, 0.3) is 10.8 Å². The first-order valence-corrected chi connectivity index (χ1v) is 7.26. The molecule has 0 amide bonds. The molecule has 0 aliphatic rings. The van der Waals surface area contributed by atoms with Crippen LogP contribution in [0.2, 0.25) is 0 Å². The van der Waals surface area contributed by atoms with Gasteiger partial charge in [0.25, 0.3) is 0 Å². The van der Waals surface area contributed by atoms with Gasteiger partial charge in [-0.3, -0.25) is 4.98 Å². The van der Waals surface area contributed by atoms with Crippen molar-refractivity contribution < 1.29 is 0 Å². The van der Waals surface area contributed by atoms with Crippen LogP contribution in [0.15, 0.2) is 24.4 Å². The molecular formula is C16H24N4. The van der Waals surface area contributed by atoms with E-state index in [1.165, 1.54) is 0 Å². The van der Waals surface area contributed by atoms with Crippen molar-refractivity contribution in [1.29, 1.82) is 0 Å². The van der Waals surface area contributed by atoms with Crippen LogP contribution < -0.4 is 11.1 Å². The minimum absolute atomic E-state index is 0.779. The predicted octanol–water partition coefficient (Wildman–Crippen LogP) is 2.88. The number of aryl methyl sites for hydroxylation is 1. The highest BCUT2D eigenvalue weighted by Crippen LogP contribution is 2.28. The molecular weight excluding hydrogens is 248 g/mol. The molecule has 1 aromatic heterocycles. The highest BCUT2D eigenvalue weighted by Gasteiger charge is 2.05. The summed E-state index contributed by atoms with van der Waals surface area (Å²) in [7, 11) is 0. The molecule has 0 bridgehead atoms. The molecule has 3 N–H and O–H groups in total. The number of nitrogens with two attached hydrogens (primary N) is 1. The zero-order valence-electron chi connectivity index (χ0n) is 12.6. The summed E-state index contributed by atoms with van der Waals surface area (Å²) in [6.07, 6.45) is 1.86. The average Bonchev–Trinajstić information content (AvgIpc) is 2.46. The summed E-state index contributed by atoms with van der Waals surface area (Å²) in [6, 6.07) is 6.09. The molecule has 0 aliphatic heterocycles. The summed E-state index contributed by atoms with van der Waals surface area (Å²) in [4.78, 5) is 6.73. The summed E-state index contributed by atoms with van der Waals surface area (Å²) >= 11 is 0. The normalized spacial score (nSPS) is 11.2. The number of rotatable bonds is 6. The molecule has 0 saturated carbocycles. The Hall–Kier alpha value is -1.81. The van der Waals surface area contributed by atoms with Crippen LogP contribution in [0.3, 0.4) is 0 Å². The van der Waals surface area contributed by atoms with Crippen molar-refractivity contribution in [2.45, 2.75) is 20.8 Å². The molecule has 0 spiro atoms. The van der Waals surface area contributed by atoms with Crippen molar-refractivity contribution in [1.82, 2.24) is 9.88 Å². The van der Waals surface area contributed by atoms with Gasteiger partial charge in [0.05, 0.1) is 0 Å². The quantitative estimate of drug-likeness (QED) is 0.794. The number of aromatic nitrogens is 1. The number of anilines is 2. The number of pyridine rings is 1. The molecule has 0 aliphatic carbocycles. The molecule has 20 heavy (non-hydrogen) atoms. The number of likely N-dealkylation sites (N-methyl/N-ethyl adjacent to an activating group) is 1. The number of fused-ring (bicyclic) bond motifs is 1. The summed E-state index contributed by atoms with van der Waals surface area (Å²) in [6.45, 7) is 10.5. The van der Waals surface area contributed by atoms with Gasteiger partial charge in [-0.25, -0.2) is 0 Å². The summed E-state index contributed by atoms with van der Waals surface area (Å²) in [5.41, 5.74) is 8.94. The maximum Gasteiger partial charge on any atom is 0.0423 e. The molecule has 4 heteroatoms. The van der Waals surface area contributed by atoms with Crippen LogP contribution >= 0.6 is 0 Å². The Morgan fingerprint density at radius 3 is 2.65 bits per heavy atom. The first-order chi connectivity index (χ1) is 9.65. The van der Waals surface area contributed by atoms with E-state index >= 15 is 0 Å². The van der Waals surface area contributed by atoms with Gasteiger partial charge < -0.3 is 16.0 Å². The summed E-state index contributed by atoms with van der Waals surface area (Å²) in [5.74, 6) is 0. The number of nitrogen functional groups attached to an aromatic ring is 1. The molecule has 0 fully saturated rings. The van der Waals surface area contributed by atoms with Crippen LogP contribution in [-0.2, 0) is 0 Å². The van der Waals surface area contributed by atoms with E-state index in [1.807, 2.05) is 19.2 Å². The SMILES string of the molecule is CCN(CC)CCNc1ccc(N)c2cnc(C)cc12. The fourth-order valence-electron chi connectivity index (χ4n) is 2.41. The van der Waals surface area contributed by atoms with Crippen molar-refractivity contribution in [2.24, 2.45) is 0 Å². The van der Waals surface area contributed by atoms with E-state index in [0.29, 0.717) is 0 Å². The van der Waals surface area contributed by atoms with Gasteiger partial charge in [-0.15, -0.1) is 0 Å². The third kappa shape index (κ3) is 3.20. The Kier molecular flexibility index (Phi) is 4.79. The van der Waals surface area contributed by atoms with E-state index in [2.05, 4.69) is 41.2 Å². The van der Waals surface area contributed by atoms with E-state index in [4.69, 9.17) is 5.73 Å². The molecule has 0 radical (unpaired) electrons. The van der Waals surface area contributed by atoms with Gasteiger partial charge in [-0.05, 0) is 38.2 Å². The second-order valence-electron chi connectivity index (χ2n) is 5.03. The molecule has 2 rings (SSSR count). The van der Waals surface area contributed by atoms with Crippen LogP contribution in [-0.4, -0.2) is 36.1 Å². The molecule has 1 aromatic carbocycles. The molecule has 1 heterocycles. The smallest absolute Gasteiger partial charge is 0.0423 e. The number of hydrogen-bond acceptors (Lipinski definition) is 4. The zero-order chi connectivity index (χ0) is 14.5. The number of nitrogens with one attached hydrogen (secondary N) is 1. The highest BCUT2D eigenvalue weighted by molar-refractivity contribution is 6.00. The van der Waals surface area contributed by atoms with Crippen molar-refractivity contribution in [3.8, 4) is 0 Å². The first kappa shape index (κ1) is 14.6. The Morgan fingerprint density at radius 2 is 1.95 bits per heavy atom. The maximum atomic E-state index is 6.02. The van der Waals surface area contributed by atoms with Crippen molar-refractivity contribution >= 4 is 22.1 Å². The van der Waals surface area contributed by atoms with Crippen molar-refractivity contribution in [3.63, 3.8) is 0 Å². The van der Waals surface area contributed by atoms with Crippen LogP contribution in [0.4, 0.5) is 11.4 Å². The third-order valence-electron chi connectivity index (χ3n) is 3.71. The Morgan fingerprint density at radius 1 is 1.20 bits per heavy atom. The van der Waals surface area contributed by atoms with E-state index in [1.54, 1.807) is 0 Å². The molecule has 0 atom stereocenters. The second-order valence-corrected chi connectivity index (χ2v) is 5.03. The largest absolute Gasteiger partial charge is 0.398 e. The number of nitrogens with zero attached hydrogens (tertiary/aromatic N) is 2. The topological polar surface area (TPSA) is 54.2 Å². The Labute approximate surface area is 121 Å². The predicted molar refractivity (Wildman–Crippen MR) is 87.2 cm³/mol. The Bertz CT molecular complexity index is 576. The van der Waals surface area contributed by atoms with Gasteiger partial charge in [-0.2, -0.15) is 0 Å². The maximum absolute atomic E-state index is 6.02. The lowest BCUT2D eigenvalue weighted by atomic mass is 10.1. The summed E-state index contributed by atoms with van der Waals surface area (Å²) in [5, 5.41) is 5.68. The lowest BCUT2D eigenvalue weighted by Crippen LogP contribution is -2.28. The second kappa shape index (κ2) is 6.57. The monoisotopic (exact) mass is 272 g/mol. The van der Waals surface area contributed by atoms with E-state index in [0.717, 1.165) is 54.0 Å². The minimum atomic E-state index is 0.779. The Balaban J connectivity index is 2.18. The van der Waals surface area contributed by atoms with E-state index in [-0.39, 0.29) is 0 Å². The fraction of sp³-hybridized carbons (Fsp3) is 0.438. The van der Waals surface area contributed by atoms with Crippen molar-refractivity contribution in [2.75, 3.05) is 37.2 Å². The average molecular weight is 272 g/mol. The standard InChI is InChI=1S/C16H24N4/c1-4-20(5-2)9-8-18-16-7-6-15(17)14-11-19-12(3)10-13(14)16/h6-7,10-11,18H,4-5,8-9,17H2,1-3H3. The molecule has 108 valence electrons. The number of benzene rings is 1. The van der Waals surface area contributed by atoms with Gasteiger partial charge in [0, 0.05) is 47.1 Å². The van der Waals surface area contributed by atoms with Crippen LogP contribution in [0.5, 0.6) is 0 Å². The van der Waals surface area contributed by atoms with Gasteiger partial charge >= 0.3 is 0 Å². The van der Waals surface area contributed by atoms with Crippen molar-refractivity contribution in [3.05, 3.63) is 30.1 Å². The van der Waals surface area contributed by atoms with Gasteiger partial charge in [0.2, 0.25) is 0 Å². The molecule has 4 nitrogen and oxygen atoms in total.